The molecule has 6 aromatic carbocycles. The van der Waals surface area contributed by atoms with Gasteiger partial charge in [-0.3, -0.25) is 14.4 Å². The van der Waals surface area contributed by atoms with Gasteiger partial charge >= 0.3 is 0 Å². The Morgan fingerprint density at radius 2 is 1.28 bits per heavy atom. The summed E-state index contributed by atoms with van der Waals surface area (Å²) in [6, 6.07) is 43.4. The molecule has 0 aliphatic rings. The average Bonchev–Trinajstić information content (AvgIpc) is 3.71. The van der Waals surface area contributed by atoms with Gasteiger partial charge in [0.05, 0.1) is 21.3 Å². The molecule has 58 heavy (non-hydrogen) atoms. The second kappa shape index (κ2) is 18.1. The second-order valence-electron chi connectivity index (χ2n) is 12.8. The van der Waals surface area contributed by atoms with Crippen LogP contribution in [0.2, 0.25) is 0 Å². The molecule has 0 saturated carbocycles. The molecule has 11 nitrogen and oxygen atoms in total. The first kappa shape index (κ1) is 38.9. The van der Waals surface area contributed by atoms with Crippen LogP contribution in [0.15, 0.2) is 161 Å². The quantitative estimate of drug-likeness (QED) is 0.0726. The van der Waals surface area contributed by atoms with Gasteiger partial charge in [-0.25, -0.2) is 4.98 Å². The number of rotatable bonds is 14. The summed E-state index contributed by atoms with van der Waals surface area (Å²) in [5.74, 6) is 0.479. The fourth-order valence-electron chi connectivity index (χ4n) is 6.02. The Morgan fingerprint density at radius 1 is 0.672 bits per heavy atom. The molecule has 7 rings (SSSR count). The van der Waals surface area contributed by atoms with Crippen molar-refractivity contribution < 1.29 is 33.0 Å². The molecular weight excluding hydrogens is 753 g/mol. The van der Waals surface area contributed by atoms with E-state index in [0.717, 1.165) is 21.5 Å². The molecule has 0 spiro atoms. The van der Waals surface area contributed by atoms with E-state index in [-0.39, 0.29) is 11.6 Å². The summed E-state index contributed by atoms with van der Waals surface area (Å²) in [7, 11) is 4.50. The van der Waals surface area contributed by atoms with E-state index in [1.807, 2.05) is 91.0 Å². The zero-order valence-corrected chi connectivity index (χ0v) is 32.5. The monoisotopic (exact) mass is 790 g/mol. The smallest absolute Gasteiger partial charge is 0.272 e. The zero-order valence-electron chi connectivity index (χ0n) is 31.7. The largest absolute Gasteiger partial charge is 0.496 e. The maximum atomic E-state index is 13.9. The number of carbonyl (C=O) groups is 3. The third kappa shape index (κ3) is 9.20. The lowest BCUT2D eigenvalue weighted by molar-refractivity contribution is -0.116. The van der Waals surface area contributed by atoms with E-state index in [9.17, 15) is 14.4 Å². The SMILES string of the molecule is COc1cc(OC)c(OC)cc1/C=C(\NC(=O)c1ccccc1)C(=O)Nc1ccc(SC(C(=O)Nc2ccc(-c3nc4ccccc4o3)cc2)c2ccccc2)cc1. The Bertz CT molecular complexity index is 2540. The normalized spacial score (nSPS) is 11.7. The number of nitrogens with one attached hydrogen (secondary N) is 3. The number of oxazole rings is 1. The number of ether oxygens (including phenoxy) is 3. The first-order chi connectivity index (χ1) is 28.3. The number of benzene rings is 6. The lowest BCUT2D eigenvalue weighted by atomic mass is 10.1. The van der Waals surface area contributed by atoms with Crippen LogP contribution in [0.4, 0.5) is 11.4 Å². The second-order valence-corrected chi connectivity index (χ2v) is 13.9. The van der Waals surface area contributed by atoms with Gasteiger partial charge < -0.3 is 34.6 Å². The highest BCUT2D eigenvalue weighted by atomic mass is 32.2. The molecule has 0 aliphatic carbocycles. The summed E-state index contributed by atoms with van der Waals surface area (Å²) >= 11 is 1.37. The van der Waals surface area contributed by atoms with Crippen molar-refractivity contribution in [3.05, 3.63) is 168 Å². The molecule has 1 heterocycles. The highest BCUT2D eigenvalue weighted by Gasteiger charge is 2.23. The minimum Gasteiger partial charge on any atom is -0.496 e. The third-order valence-electron chi connectivity index (χ3n) is 8.96. The fourth-order valence-corrected chi connectivity index (χ4v) is 7.04. The molecule has 0 aliphatic heterocycles. The maximum absolute atomic E-state index is 13.9. The van der Waals surface area contributed by atoms with Crippen molar-refractivity contribution in [2.45, 2.75) is 10.1 Å². The number of carbonyl (C=O) groups excluding carboxylic acids is 3. The first-order valence-corrected chi connectivity index (χ1v) is 19.0. The van der Waals surface area contributed by atoms with E-state index in [1.54, 1.807) is 54.6 Å². The Labute approximate surface area is 339 Å². The Kier molecular flexibility index (Phi) is 12.1. The van der Waals surface area contributed by atoms with Gasteiger partial charge in [-0.15, -0.1) is 11.8 Å². The average molecular weight is 791 g/mol. The lowest BCUT2D eigenvalue weighted by Gasteiger charge is -2.18. The highest BCUT2D eigenvalue weighted by Crippen LogP contribution is 2.38. The van der Waals surface area contributed by atoms with Crippen LogP contribution in [0.5, 0.6) is 17.2 Å². The summed E-state index contributed by atoms with van der Waals surface area (Å²) in [4.78, 5) is 46.3. The zero-order chi connectivity index (χ0) is 40.4. The molecule has 0 radical (unpaired) electrons. The lowest BCUT2D eigenvalue weighted by Crippen LogP contribution is -2.30. The predicted octanol–water partition coefficient (Wildman–Crippen LogP) is 9.40. The molecule has 3 amide bonds. The first-order valence-electron chi connectivity index (χ1n) is 18.1. The van der Waals surface area contributed by atoms with Crippen LogP contribution in [-0.2, 0) is 9.59 Å². The van der Waals surface area contributed by atoms with Crippen LogP contribution in [0.3, 0.4) is 0 Å². The molecule has 290 valence electrons. The van der Waals surface area contributed by atoms with E-state index in [4.69, 9.17) is 18.6 Å². The predicted molar refractivity (Wildman–Crippen MR) is 226 cm³/mol. The Hall–Kier alpha value is -7.31. The number of anilines is 2. The van der Waals surface area contributed by atoms with Crippen molar-refractivity contribution in [2.75, 3.05) is 32.0 Å². The van der Waals surface area contributed by atoms with Crippen molar-refractivity contribution in [3.8, 4) is 28.7 Å². The molecule has 3 N–H and O–H groups in total. The van der Waals surface area contributed by atoms with Gasteiger partial charge in [0.25, 0.3) is 11.8 Å². The molecule has 1 unspecified atom stereocenters. The van der Waals surface area contributed by atoms with Crippen molar-refractivity contribution in [2.24, 2.45) is 0 Å². The number of hydrogen-bond acceptors (Lipinski definition) is 9. The van der Waals surface area contributed by atoms with Gasteiger partial charge in [0.1, 0.15) is 22.2 Å². The van der Waals surface area contributed by atoms with E-state index >= 15 is 0 Å². The van der Waals surface area contributed by atoms with Crippen molar-refractivity contribution >= 4 is 58.0 Å². The number of nitrogens with zero attached hydrogens (tertiary/aromatic N) is 1. The van der Waals surface area contributed by atoms with Crippen LogP contribution in [0, 0.1) is 0 Å². The number of fused-ring (bicyclic) bond motifs is 1. The van der Waals surface area contributed by atoms with Gasteiger partial charge in [0.2, 0.25) is 11.8 Å². The molecule has 0 bridgehead atoms. The fraction of sp³-hybridized carbons (Fsp3) is 0.0870. The van der Waals surface area contributed by atoms with Crippen molar-refractivity contribution in [1.29, 1.82) is 0 Å². The molecule has 1 aromatic heterocycles. The van der Waals surface area contributed by atoms with Crippen LogP contribution in [-0.4, -0.2) is 44.0 Å². The Balaban J connectivity index is 1.08. The Morgan fingerprint density at radius 3 is 1.95 bits per heavy atom. The van der Waals surface area contributed by atoms with Crippen LogP contribution in [0.1, 0.15) is 26.7 Å². The standard InChI is InChI=1S/C46H38N4O7S/c1-54-39-28-41(56-3)40(55-2)27-32(39)26-37(49-43(51)30-14-8-5-9-15-30)44(52)47-34-22-24-35(25-23-34)58-42(29-12-6-4-7-13-29)45(53)48-33-20-18-31(19-21-33)46-50-36-16-10-11-17-38(36)57-46/h4-28,42H,1-3H3,(H,47,52)(H,48,53)(H,49,51)/b37-26-. The minimum atomic E-state index is -0.599. The van der Waals surface area contributed by atoms with E-state index in [0.29, 0.717) is 51.2 Å². The topological polar surface area (TPSA) is 141 Å². The summed E-state index contributed by atoms with van der Waals surface area (Å²) < 4.78 is 22.4. The summed E-state index contributed by atoms with van der Waals surface area (Å²) in [5.41, 5.74) is 4.97. The maximum Gasteiger partial charge on any atom is 0.272 e. The molecule has 12 heteroatoms. The summed E-state index contributed by atoms with van der Waals surface area (Å²) in [6.07, 6.45) is 1.51. The molecular formula is C46H38N4O7S. The highest BCUT2D eigenvalue weighted by molar-refractivity contribution is 8.00. The van der Waals surface area contributed by atoms with E-state index in [1.165, 1.54) is 39.2 Å². The molecule has 1 atom stereocenters. The van der Waals surface area contributed by atoms with Crippen molar-refractivity contribution in [1.82, 2.24) is 10.3 Å². The minimum absolute atomic E-state index is 0.0412. The number of hydrogen-bond donors (Lipinski definition) is 3. The molecule has 7 aromatic rings. The van der Waals surface area contributed by atoms with Crippen molar-refractivity contribution in [3.63, 3.8) is 0 Å². The van der Waals surface area contributed by atoms with E-state index < -0.39 is 17.1 Å². The summed E-state index contributed by atoms with van der Waals surface area (Å²) in [6.45, 7) is 0. The number of thioether (sulfide) groups is 1. The van der Waals surface area contributed by atoms with Gasteiger partial charge in [0.15, 0.2) is 17.1 Å². The van der Waals surface area contributed by atoms with Gasteiger partial charge in [-0.2, -0.15) is 0 Å². The third-order valence-corrected chi connectivity index (χ3v) is 10.2. The van der Waals surface area contributed by atoms with Crippen LogP contribution < -0.4 is 30.2 Å². The summed E-state index contributed by atoms with van der Waals surface area (Å²) in [5, 5.41) is 8.08. The van der Waals surface area contributed by atoms with Crippen LogP contribution >= 0.6 is 11.8 Å². The van der Waals surface area contributed by atoms with Gasteiger partial charge in [-0.1, -0.05) is 60.7 Å². The molecule has 0 saturated heterocycles. The number of methoxy groups -OCH3 is 3. The van der Waals surface area contributed by atoms with Gasteiger partial charge in [-0.05, 0) is 90.5 Å². The van der Waals surface area contributed by atoms with E-state index in [2.05, 4.69) is 20.9 Å². The molecule has 0 fully saturated rings. The van der Waals surface area contributed by atoms with Crippen LogP contribution in [0.25, 0.3) is 28.6 Å². The van der Waals surface area contributed by atoms with Gasteiger partial charge in [0, 0.05) is 39.0 Å². The number of aromatic nitrogens is 1. The number of amides is 3. The number of para-hydroxylation sites is 2.